The van der Waals surface area contributed by atoms with Crippen LogP contribution in [0.1, 0.15) is 44.2 Å². The highest BCUT2D eigenvalue weighted by molar-refractivity contribution is 4.99. The average molecular weight is 239 g/mol. The van der Waals surface area contributed by atoms with Crippen molar-refractivity contribution >= 4 is 0 Å². The molecule has 5 heteroatoms. The molecule has 0 spiro atoms. The maximum atomic E-state index is 10.5. The summed E-state index contributed by atoms with van der Waals surface area (Å²) in [6, 6.07) is 0. The zero-order valence-corrected chi connectivity index (χ0v) is 10.3. The van der Waals surface area contributed by atoms with E-state index in [1.807, 2.05) is 0 Å². The topological polar surface area (TPSA) is 71.2 Å². The summed E-state index contributed by atoms with van der Waals surface area (Å²) in [5.74, 6) is 0. The number of hydrogen-bond acceptors (Lipinski definition) is 4. The molecule has 1 aromatic heterocycles. The fourth-order valence-corrected chi connectivity index (χ4v) is 2.55. The van der Waals surface area contributed by atoms with Crippen LogP contribution in [0.3, 0.4) is 0 Å². The number of aromatic nitrogens is 3. The van der Waals surface area contributed by atoms with Crippen molar-refractivity contribution in [1.29, 1.82) is 0 Å². The summed E-state index contributed by atoms with van der Waals surface area (Å²) in [5.41, 5.74) is -0.203. The molecule has 1 aromatic rings. The van der Waals surface area contributed by atoms with Gasteiger partial charge in [-0.3, -0.25) is 4.68 Å². The average Bonchev–Trinajstić information content (AvgIpc) is 2.56. The molecule has 5 nitrogen and oxygen atoms in total. The lowest BCUT2D eigenvalue weighted by atomic mass is 9.86. The number of rotatable bonds is 3. The molecule has 2 N–H and O–H groups in total. The highest BCUT2D eigenvalue weighted by atomic mass is 16.3. The van der Waals surface area contributed by atoms with Crippen LogP contribution in [0.25, 0.3) is 0 Å². The van der Waals surface area contributed by atoms with Gasteiger partial charge in [-0.1, -0.05) is 30.9 Å². The minimum atomic E-state index is -0.936. The minimum absolute atomic E-state index is 0.379. The Kier molecular flexibility index (Phi) is 3.79. The first-order chi connectivity index (χ1) is 8.10. The van der Waals surface area contributed by atoms with Gasteiger partial charge in [-0.2, -0.15) is 0 Å². The van der Waals surface area contributed by atoms with Gasteiger partial charge in [0, 0.05) is 19.7 Å². The molecule has 1 unspecified atom stereocenters. The SMILES string of the molecule is Cn1cc(CC(O)C2(O)CCCCCC2)nn1. The summed E-state index contributed by atoms with van der Waals surface area (Å²) in [5, 5.41) is 28.5. The van der Waals surface area contributed by atoms with E-state index >= 15 is 0 Å². The quantitative estimate of drug-likeness (QED) is 0.765. The van der Waals surface area contributed by atoms with Crippen LogP contribution in [-0.2, 0) is 13.5 Å². The van der Waals surface area contributed by atoms with Gasteiger partial charge in [-0.25, -0.2) is 0 Å². The standard InChI is InChI=1S/C12H21N3O2/c1-15-9-10(13-14-15)8-11(16)12(17)6-4-2-3-5-7-12/h9,11,16-17H,2-8H2,1H3. The van der Waals surface area contributed by atoms with E-state index in [-0.39, 0.29) is 0 Å². The first-order valence-electron chi connectivity index (χ1n) is 6.36. The Labute approximate surface area is 101 Å². The Bertz CT molecular complexity index is 356. The van der Waals surface area contributed by atoms with Crippen molar-refractivity contribution in [3.8, 4) is 0 Å². The second kappa shape index (κ2) is 5.14. The largest absolute Gasteiger partial charge is 0.390 e. The fourth-order valence-electron chi connectivity index (χ4n) is 2.55. The van der Waals surface area contributed by atoms with Crippen LogP contribution >= 0.6 is 0 Å². The van der Waals surface area contributed by atoms with Crippen molar-refractivity contribution in [2.45, 2.75) is 56.7 Å². The lowest BCUT2D eigenvalue weighted by molar-refractivity contribution is -0.0840. The van der Waals surface area contributed by atoms with Gasteiger partial charge in [0.25, 0.3) is 0 Å². The first-order valence-corrected chi connectivity index (χ1v) is 6.36. The van der Waals surface area contributed by atoms with E-state index in [1.54, 1.807) is 17.9 Å². The highest BCUT2D eigenvalue weighted by Crippen LogP contribution is 2.31. The molecule has 2 rings (SSSR count). The first kappa shape index (κ1) is 12.5. The van der Waals surface area contributed by atoms with Crippen molar-refractivity contribution in [1.82, 2.24) is 15.0 Å². The Morgan fingerprint density at radius 1 is 1.35 bits per heavy atom. The van der Waals surface area contributed by atoms with Crippen molar-refractivity contribution in [3.63, 3.8) is 0 Å². The predicted molar refractivity (Wildman–Crippen MR) is 63.4 cm³/mol. The van der Waals surface area contributed by atoms with Gasteiger partial charge in [0.2, 0.25) is 0 Å². The molecular formula is C12H21N3O2. The number of aliphatic hydroxyl groups is 2. The molecule has 1 aliphatic carbocycles. The maximum Gasteiger partial charge on any atom is 0.0909 e. The molecule has 0 radical (unpaired) electrons. The normalized spacial score (nSPS) is 22.1. The van der Waals surface area contributed by atoms with Gasteiger partial charge in [0.1, 0.15) is 0 Å². The summed E-state index contributed by atoms with van der Waals surface area (Å²) >= 11 is 0. The molecule has 1 atom stereocenters. The van der Waals surface area contributed by atoms with Crippen LogP contribution in [0.4, 0.5) is 0 Å². The Morgan fingerprint density at radius 3 is 2.53 bits per heavy atom. The smallest absolute Gasteiger partial charge is 0.0909 e. The molecule has 1 fully saturated rings. The molecule has 0 amide bonds. The molecule has 1 aliphatic rings. The molecule has 0 aliphatic heterocycles. The molecule has 1 saturated carbocycles. The summed E-state index contributed by atoms with van der Waals surface area (Å²) in [4.78, 5) is 0. The second-order valence-electron chi connectivity index (χ2n) is 5.12. The molecule has 96 valence electrons. The maximum absolute atomic E-state index is 10.5. The van der Waals surface area contributed by atoms with E-state index in [4.69, 9.17) is 0 Å². The third-order valence-corrected chi connectivity index (χ3v) is 3.64. The van der Waals surface area contributed by atoms with Crippen LogP contribution in [-0.4, -0.2) is 36.9 Å². The Hall–Kier alpha value is -0.940. The van der Waals surface area contributed by atoms with Crippen molar-refractivity contribution < 1.29 is 10.2 Å². The van der Waals surface area contributed by atoms with Crippen LogP contribution in [0.2, 0.25) is 0 Å². The summed E-state index contributed by atoms with van der Waals surface area (Å²) in [6.07, 6.45) is 7.09. The van der Waals surface area contributed by atoms with Gasteiger partial charge >= 0.3 is 0 Å². The third kappa shape index (κ3) is 3.04. The number of hydrogen-bond donors (Lipinski definition) is 2. The lowest BCUT2D eigenvalue weighted by Gasteiger charge is -2.31. The van der Waals surface area contributed by atoms with Crippen molar-refractivity contribution in [2.75, 3.05) is 0 Å². The van der Waals surface area contributed by atoms with Crippen LogP contribution in [0.15, 0.2) is 6.20 Å². The molecule has 0 bridgehead atoms. The van der Waals surface area contributed by atoms with Gasteiger partial charge in [0.15, 0.2) is 0 Å². The number of nitrogens with zero attached hydrogens (tertiary/aromatic N) is 3. The summed E-state index contributed by atoms with van der Waals surface area (Å²) in [7, 11) is 1.79. The minimum Gasteiger partial charge on any atom is -0.390 e. The fraction of sp³-hybridized carbons (Fsp3) is 0.833. The van der Waals surface area contributed by atoms with E-state index in [9.17, 15) is 10.2 Å². The number of aryl methyl sites for hydroxylation is 1. The summed E-state index contributed by atoms with van der Waals surface area (Å²) < 4.78 is 1.61. The highest BCUT2D eigenvalue weighted by Gasteiger charge is 2.36. The van der Waals surface area contributed by atoms with Gasteiger partial charge in [-0.05, 0) is 12.8 Å². The van der Waals surface area contributed by atoms with Crippen LogP contribution in [0.5, 0.6) is 0 Å². The van der Waals surface area contributed by atoms with E-state index in [1.165, 1.54) is 0 Å². The van der Waals surface area contributed by atoms with Crippen LogP contribution in [0, 0.1) is 0 Å². The molecule has 0 saturated heterocycles. The van der Waals surface area contributed by atoms with E-state index in [0.717, 1.165) is 31.4 Å². The van der Waals surface area contributed by atoms with E-state index < -0.39 is 11.7 Å². The molecule has 0 aromatic carbocycles. The summed E-state index contributed by atoms with van der Waals surface area (Å²) in [6.45, 7) is 0. The van der Waals surface area contributed by atoms with Crippen molar-refractivity contribution in [3.05, 3.63) is 11.9 Å². The molecule has 17 heavy (non-hydrogen) atoms. The zero-order chi connectivity index (χ0) is 12.3. The van der Waals surface area contributed by atoms with Crippen molar-refractivity contribution in [2.24, 2.45) is 7.05 Å². The van der Waals surface area contributed by atoms with Crippen LogP contribution < -0.4 is 0 Å². The van der Waals surface area contributed by atoms with E-state index in [0.29, 0.717) is 19.3 Å². The van der Waals surface area contributed by atoms with Gasteiger partial charge in [-0.15, -0.1) is 5.10 Å². The molecular weight excluding hydrogens is 218 g/mol. The second-order valence-corrected chi connectivity index (χ2v) is 5.12. The molecule has 1 heterocycles. The monoisotopic (exact) mass is 239 g/mol. The Morgan fingerprint density at radius 2 is 2.00 bits per heavy atom. The zero-order valence-electron chi connectivity index (χ0n) is 10.3. The Balaban J connectivity index is 2.00. The van der Waals surface area contributed by atoms with Gasteiger partial charge in [0.05, 0.1) is 17.4 Å². The van der Waals surface area contributed by atoms with Gasteiger partial charge < -0.3 is 10.2 Å². The third-order valence-electron chi connectivity index (χ3n) is 3.64. The predicted octanol–water partition coefficient (Wildman–Crippen LogP) is 0.804. The van der Waals surface area contributed by atoms with E-state index in [2.05, 4.69) is 10.3 Å². The number of aliphatic hydroxyl groups excluding tert-OH is 1. The lowest BCUT2D eigenvalue weighted by Crippen LogP contribution is -2.43.